The van der Waals surface area contributed by atoms with Crippen LogP contribution < -0.4 is 5.32 Å². The van der Waals surface area contributed by atoms with Crippen LogP contribution in [0.3, 0.4) is 0 Å². The van der Waals surface area contributed by atoms with Crippen LogP contribution in [0.4, 0.5) is 0 Å². The predicted octanol–water partition coefficient (Wildman–Crippen LogP) is 2.42. The lowest BCUT2D eigenvalue weighted by Crippen LogP contribution is -2.42. The number of carbonyl (C=O) groups excluding carboxylic acids is 2. The SMILES string of the molecule is CCCN(CCc1ccccn1)C(=O)CNC(=O)CC(C)(C)C. The minimum Gasteiger partial charge on any atom is -0.347 e. The van der Waals surface area contributed by atoms with Crippen molar-refractivity contribution in [1.82, 2.24) is 15.2 Å². The summed E-state index contributed by atoms with van der Waals surface area (Å²) in [4.78, 5) is 30.2. The third-order valence-electron chi connectivity index (χ3n) is 3.34. The van der Waals surface area contributed by atoms with Gasteiger partial charge in [-0.3, -0.25) is 14.6 Å². The van der Waals surface area contributed by atoms with Crippen LogP contribution in [0.15, 0.2) is 24.4 Å². The van der Waals surface area contributed by atoms with Gasteiger partial charge in [-0.2, -0.15) is 0 Å². The second-order valence-electron chi connectivity index (χ2n) is 6.97. The number of rotatable bonds is 8. The fraction of sp³-hybridized carbons (Fsp3) is 0.611. The van der Waals surface area contributed by atoms with E-state index in [0.29, 0.717) is 19.5 Å². The fourth-order valence-electron chi connectivity index (χ4n) is 2.26. The molecule has 0 spiro atoms. The molecule has 1 heterocycles. The maximum absolute atomic E-state index is 12.3. The summed E-state index contributed by atoms with van der Waals surface area (Å²) < 4.78 is 0. The first-order valence-electron chi connectivity index (χ1n) is 8.26. The van der Waals surface area contributed by atoms with Crippen molar-refractivity contribution in [2.75, 3.05) is 19.6 Å². The lowest BCUT2D eigenvalue weighted by Gasteiger charge is -2.23. The Kier molecular flexibility index (Phi) is 7.72. The van der Waals surface area contributed by atoms with Gasteiger partial charge in [0.1, 0.15) is 0 Å². The Morgan fingerprint density at radius 1 is 1.22 bits per heavy atom. The Bertz CT molecular complexity index is 495. The molecule has 0 aromatic carbocycles. The predicted molar refractivity (Wildman–Crippen MR) is 91.9 cm³/mol. The number of hydrogen-bond donors (Lipinski definition) is 1. The van der Waals surface area contributed by atoms with Crippen LogP contribution in [0, 0.1) is 5.41 Å². The van der Waals surface area contributed by atoms with E-state index in [9.17, 15) is 9.59 Å². The van der Waals surface area contributed by atoms with Crippen molar-refractivity contribution in [2.24, 2.45) is 5.41 Å². The highest BCUT2D eigenvalue weighted by atomic mass is 16.2. The molecule has 0 saturated heterocycles. The van der Waals surface area contributed by atoms with E-state index in [1.807, 2.05) is 45.9 Å². The van der Waals surface area contributed by atoms with Crippen LogP contribution in [0.2, 0.25) is 0 Å². The van der Waals surface area contributed by atoms with Crippen LogP contribution in [0.5, 0.6) is 0 Å². The average Bonchev–Trinajstić information content (AvgIpc) is 2.48. The van der Waals surface area contributed by atoms with Gasteiger partial charge in [-0.15, -0.1) is 0 Å². The molecular formula is C18H29N3O2. The zero-order valence-corrected chi connectivity index (χ0v) is 14.8. The molecule has 0 aliphatic carbocycles. The van der Waals surface area contributed by atoms with Gasteiger partial charge in [0.2, 0.25) is 11.8 Å². The molecule has 0 atom stereocenters. The summed E-state index contributed by atoms with van der Waals surface area (Å²) in [6.07, 6.45) is 3.79. The lowest BCUT2D eigenvalue weighted by atomic mass is 9.92. The summed E-state index contributed by atoms with van der Waals surface area (Å²) in [5.74, 6) is -0.114. The van der Waals surface area contributed by atoms with Gasteiger partial charge in [0, 0.05) is 37.8 Å². The van der Waals surface area contributed by atoms with E-state index in [1.165, 1.54) is 0 Å². The van der Waals surface area contributed by atoms with E-state index < -0.39 is 0 Å². The number of hydrogen-bond acceptors (Lipinski definition) is 3. The molecule has 0 aliphatic heterocycles. The summed E-state index contributed by atoms with van der Waals surface area (Å²) in [7, 11) is 0. The van der Waals surface area contributed by atoms with Crippen molar-refractivity contribution in [3.05, 3.63) is 30.1 Å². The summed E-state index contributed by atoms with van der Waals surface area (Å²) in [5.41, 5.74) is 0.896. The van der Waals surface area contributed by atoms with Gasteiger partial charge in [0.25, 0.3) is 0 Å². The molecule has 0 saturated carbocycles. The molecular weight excluding hydrogens is 290 g/mol. The molecule has 1 aromatic rings. The molecule has 0 radical (unpaired) electrons. The smallest absolute Gasteiger partial charge is 0.241 e. The normalized spacial score (nSPS) is 11.1. The van der Waals surface area contributed by atoms with Crippen molar-refractivity contribution in [3.8, 4) is 0 Å². The van der Waals surface area contributed by atoms with Crippen LogP contribution in [0.1, 0.15) is 46.2 Å². The van der Waals surface area contributed by atoms with Crippen molar-refractivity contribution in [1.29, 1.82) is 0 Å². The zero-order chi connectivity index (χ0) is 17.3. The molecule has 1 rings (SSSR count). The lowest BCUT2D eigenvalue weighted by molar-refractivity contribution is -0.133. The Balaban J connectivity index is 2.46. The first-order chi connectivity index (χ1) is 10.8. The van der Waals surface area contributed by atoms with Gasteiger partial charge in [0.05, 0.1) is 6.54 Å². The third kappa shape index (κ3) is 8.33. The molecule has 128 valence electrons. The molecule has 0 fully saturated rings. The zero-order valence-electron chi connectivity index (χ0n) is 14.8. The number of nitrogens with one attached hydrogen (secondary N) is 1. The highest BCUT2D eigenvalue weighted by molar-refractivity contribution is 5.84. The number of amides is 2. The average molecular weight is 319 g/mol. The largest absolute Gasteiger partial charge is 0.347 e. The third-order valence-corrected chi connectivity index (χ3v) is 3.34. The minimum absolute atomic E-state index is 0.0370. The fourth-order valence-corrected chi connectivity index (χ4v) is 2.26. The van der Waals surface area contributed by atoms with Crippen molar-refractivity contribution >= 4 is 11.8 Å². The van der Waals surface area contributed by atoms with Crippen LogP contribution in [-0.2, 0) is 16.0 Å². The Labute approximate surface area is 139 Å². The summed E-state index contributed by atoms with van der Waals surface area (Å²) in [6, 6.07) is 5.78. The van der Waals surface area contributed by atoms with Gasteiger partial charge < -0.3 is 10.2 Å². The quantitative estimate of drug-likeness (QED) is 0.800. The molecule has 1 aromatic heterocycles. The molecule has 5 nitrogen and oxygen atoms in total. The number of pyridine rings is 1. The molecule has 0 bridgehead atoms. The van der Waals surface area contributed by atoms with E-state index >= 15 is 0 Å². The van der Waals surface area contributed by atoms with Crippen LogP contribution in [0.25, 0.3) is 0 Å². The molecule has 0 unspecified atom stereocenters. The summed E-state index contributed by atoms with van der Waals surface area (Å²) in [6.45, 7) is 9.44. The molecule has 2 amide bonds. The molecule has 1 N–H and O–H groups in total. The Morgan fingerprint density at radius 3 is 2.52 bits per heavy atom. The van der Waals surface area contributed by atoms with Crippen LogP contribution >= 0.6 is 0 Å². The summed E-state index contributed by atoms with van der Waals surface area (Å²) in [5, 5.41) is 2.73. The topological polar surface area (TPSA) is 62.3 Å². The standard InChI is InChI=1S/C18H29N3O2/c1-5-11-21(12-9-15-8-6-7-10-19-15)17(23)14-20-16(22)13-18(2,3)4/h6-8,10H,5,9,11-14H2,1-4H3,(H,20,22). The van der Waals surface area contributed by atoms with Crippen molar-refractivity contribution in [2.45, 2.75) is 47.0 Å². The van der Waals surface area contributed by atoms with E-state index in [0.717, 1.165) is 18.5 Å². The monoisotopic (exact) mass is 319 g/mol. The van der Waals surface area contributed by atoms with Crippen molar-refractivity contribution in [3.63, 3.8) is 0 Å². The Morgan fingerprint density at radius 2 is 1.96 bits per heavy atom. The number of aromatic nitrogens is 1. The molecule has 0 aliphatic rings. The van der Waals surface area contributed by atoms with Gasteiger partial charge >= 0.3 is 0 Å². The highest BCUT2D eigenvalue weighted by Gasteiger charge is 2.18. The van der Waals surface area contributed by atoms with Gasteiger partial charge in [-0.25, -0.2) is 0 Å². The minimum atomic E-state index is -0.0768. The first kappa shape index (κ1) is 19.1. The second kappa shape index (κ2) is 9.28. The van der Waals surface area contributed by atoms with Crippen LogP contribution in [-0.4, -0.2) is 41.3 Å². The van der Waals surface area contributed by atoms with E-state index in [-0.39, 0.29) is 23.8 Å². The van der Waals surface area contributed by atoms with Gasteiger partial charge in [0.15, 0.2) is 0 Å². The van der Waals surface area contributed by atoms with E-state index in [4.69, 9.17) is 0 Å². The Hall–Kier alpha value is -1.91. The molecule has 5 heteroatoms. The van der Waals surface area contributed by atoms with Gasteiger partial charge in [-0.05, 0) is 24.0 Å². The maximum Gasteiger partial charge on any atom is 0.241 e. The number of carbonyl (C=O) groups is 2. The summed E-state index contributed by atoms with van der Waals surface area (Å²) >= 11 is 0. The maximum atomic E-state index is 12.3. The van der Waals surface area contributed by atoms with E-state index in [1.54, 1.807) is 11.1 Å². The van der Waals surface area contributed by atoms with Crippen molar-refractivity contribution < 1.29 is 9.59 Å². The molecule has 23 heavy (non-hydrogen) atoms. The van der Waals surface area contributed by atoms with E-state index in [2.05, 4.69) is 10.3 Å². The first-order valence-corrected chi connectivity index (χ1v) is 8.26. The second-order valence-corrected chi connectivity index (χ2v) is 6.97. The van der Waals surface area contributed by atoms with Gasteiger partial charge in [-0.1, -0.05) is 33.8 Å². The highest BCUT2D eigenvalue weighted by Crippen LogP contribution is 2.17. The number of nitrogens with zero attached hydrogens (tertiary/aromatic N) is 2.